The molecule has 0 saturated carbocycles. The molecule has 0 radical (unpaired) electrons. The molecule has 4 heteroatoms. The zero-order chi connectivity index (χ0) is 27.3. The quantitative estimate of drug-likeness (QED) is 0.217. The third kappa shape index (κ3) is 3.03. The minimum Gasteiger partial charge on any atom is -0.293 e. The number of fused-ring (bicyclic) bond motifs is 10. The molecule has 0 N–H and O–H groups in total. The average molecular weight is 544 g/mol. The second-order valence-corrected chi connectivity index (χ2v) is 12.5. The van der Waals surface area contributed by atoms with Gasteiger partial charge in [0.05, 0.1) is 16.4 Å². The van der Waals surface area contributed by atoms with Crippen LogP contribution in [0.2, 0.25) is 0 Å². The fraction of sp³-hybridized carbons (Fsp3) is 0.0811. The van der Waals surface area contributed by atoms with Crippen molar-refractivity contribution in [2.75, 3.05) is 0 Å². The van der Waals surface area contributed by atoms with Gasteiger partial charge < -0.3 is 0 Å². The van der Waals surface area contributed by atoms with Crippen LogP contribution in [0.5, 0.6) is 0 Å². The summed E-state index contributed by atoms with van der Waals surface area (Å²) in [5.74, 6) is 1.68. The van der Waals surface area contributed by atoms with Gasteiger partial charge in [0, 0.05) is 31.8 Å². The molecule has 0 unspecified atom stereocenters. The third-order valence-corrected chi connectivity index (χ3v) is 9.91. The van der Waals surface area contributed by atoms with Crippen LogP contribution in [-0.2, 0) is 5.41 Å². The Hall–Kier alpha value is -4.80. The van der Waals surface area contributed by atoms with Crippen molar-refractivity contribution < 1.29 is 0 Å². The molecule has 0 spiro atoms. The van der Waals surface area contributed by atoms with E-state index < -0.39 is 0 Å². The Balaban J connectivity index is 1.48. The lowest BCUT2D eigenvalue weighted by molar-refractivity contribution is 0.661. The van der Waals surface area contributed by atoms with Crippen LogP contribution in [-0.4, -0.2) is 14.5 Å². The number of para-hydroxylation sites is 1. The fourth-order valence-corrected chi connectivity index (χ4v) is 8.03. The monoisotopic (exact) mass is 543 g/mol. The fourth-order valence-electron chi connectivity index (χ4n) is 6.96. The van der Waals surface area contributed by atoms with Gasteiger partial charge in [-0.2, -0.15) is 0 Å². The molecule has 1 aliphatic rings. The van der Waals surface area contributed by atoms with Crippen LogP contribution in [0.25, 0.3) is 70.4 Å². The Morgan fingerprint density at radius 2 is 1.34 bits per heavy atom. The number of rotatable bonds is 2. The average Bonchev–Trinajstić information content (AvgIpc) is 3.63. The normalized spacial score (nSPS) is 13.8. The van der Waals surface area contributed by atoms with Gasteiger partial charge in [-0.25, -0.2) is 9.97 Å². The van der Waals surface area contributed by atoms with Crippen molar-refractivity contribution in [2.45, 2.75) is 19.3 Å². The molecule has 9 rings (SSSR count). The molecule has 3 nitrogen and oxygen atoms in total. The van der Waals surface area contributed by atoms with Gasteiger partial charge >= 0.3 is 0 Å². The van der Waals surface area contributed by atoms with Gasteiger partial charge in [0.25, 0.3) is 0 Å². The van der Waals surface area contributed by atoms with Crippen molar-refractivity contribution in [3.63, 3.8) is 0 Å². The van der Waals surface area contributed by atoms with Crippen molar-refractivity contribution in [1.29, 1.82) is 0 Å². The highest BCUT2D eigenvalue weighted by Crippen LogP contribution is 2.53. The molecule has 5 aromatic carbocycles. The van der Waals surface area contributed by atoms with Crippen LogP contribution in [0, 0.1) is 0 Å². The molecule has 8 aromatic rings. The van der Waals surface area contributed by atoms with E-state index in [1.54, 1.807) is 11.3 Å². The molecular formula is C37H25N3S. The zero-order valence-corrected chi connectivity index (χ0v) is 23.5. The largest absolute Gasteiger partial charge is 0.293 e. The molecule has 0 amide bonds. The lowest BCUT2D eigenvalue weighted by Gasteiger charge is -2.21. The van der Waals surface area contributed by atoms with Crippen LogP contribution < -0.4 is 0 Å². The van der Waals surface area contributed by atoms with Gasteiger partial charge in [-0.15, -0.1) is 11.3 Å². The number of thiophene rings is 1. The zero-order valence-electron chi connectivity index (χ0n) is 22.7. The van der Waals surface area contributed by atoms with Gasteiger partial charge in [0.15, 0.2) is 11.6 Å². The van der Waals surface area contributed by atoms with Crippen LogP contribution >= 0.6 is 11.3 Å². The van der Waals surface area contributed by atoms with E-state index in [-0.39, 0.29) is 5.41 Å². The van der Waals surface area contributed by atoms with E-state index in [0.717, 1.165) is 32.9 Å². The molecule has 1 aliphatic carbocycles. The molecule has 0 fully saturated rings. The van der Waals surface area contributed by atoms with E-state index in [1.807, 2.05) is 6.07 Å². The molecule has 41 heavy (non-hydrogen) atoms. The van der Waals surface area contributed by atoms with E-state index in [1.165, 1.54) is 48.6 Å². The van der Waals surface area contributed by atoms with Crippen LogP contribution in [0.3, 0.4) is 0 Å². The third-order valence-electron chi connectivity index (χ3n) is 8.85. The van der Waals surface area contributed by atoms with E-state index in [9.17, 15) is 0 Å². The first-order valence-corrected chi connectivity index (χ1v) is 14.8. The summed E-state index contributed by atoms with van der Waals surface area (Å²) >= 11 is 1.74. The summed E-state index contributed by atoms with van der Waals surface area (Å²) in [5, 5.41) is 4.85. The Labute approximate surface area is 241 Å². The number of hydrogen-bond donors (Lipinski definition) is 0. The number of nitrogens with zero attached hydrogens (tertiary/aromatic N) is 3. The predicted octanol–water partition coefficient (Wildman–Crippen LogP) is 9.91. The van der Waals surface area contributed by atoms with E-state index >= 15 is 0 Å². The first kappa shape index (κ1) is 23.0. The molecule has 0 aliphatic heterocycles. The van der Waals surface area contributed by atoms with E-state index in [2.05, 4.69) is 128 Å². The minimum absolute atomic E-state index is 0.0600. The maximum Gasteiger partial charge on any atom is 0.163 e. The molecule has 3 aromatic heterocycles. The van der Waals surface area contributed by atoms with Crippen LogP contribution in [0.15, 0.2) is 115 Å². The Morgan fingerprint density at radius 3 is 2.22 bits per heavy atom. The highest BCUT2D eigenvalue weighted by atomic mass is 32.1. The highest BCUT2D eigenvalue weighted by Gasteiger charge is 2.37. The van der Waals surface area contributed by atoms with Crippen LogP contribution in [0.1, 0.15) is 25.0 Å². The Kier molecular flexibility index (Phi) is 4.55. The summed E-state index contributed by atoms with van der Waals surface area (Å²) < 4.78 is 3.61. The van der Waals surface area contributed by atoms with Crippen molar-refractivity contribution in [1.82, 2.24) is 14.5 Å². The second-order valence-electron chi connectivity index (χ2n) is 11.4. The molecule has 0 saturated heterocycles. The van der Waals surface area contributed by atoms with Gasteiger partial charge in [-0.05, 0) is 40.5 Å². The highest BCUT2D eigenvalue weighted by molar-refractivity contribution is 7.25. The molecular weight excluding hydrogens is 518 g/mol. The number of hydrogen-bond acceptors (Lipinski definition) is 3. The topological polar surface area (TPSA) is 30.7 Å². The molecule has 0 atom stereocenters. The maximum absolute atomic E-state index is 5.36. The summed E-state index contributed by atoms with van der Waals surface area (Å²) in [7, 11) is 0. The van der Waals surface area contributed by atoms with Gasteiger partial charge in [0.1, 0.15) is 4.83 Å². The van der Waals surface area contributed by atoms with Gasteiger partial charge in [0.2, 0.25) is 0 Å². The first-order valence-electron chi connectivity index (χ1n) is 14.0. The minimum atomic E-state index is -0.0600. The lowest BCUT2D eigenvalue weighted by Crippen LogP contribution is -2.14. The maximum atomic E-state index is 5.36. The van der Waals surface area contributed by atoms with Crippen LogP contribution in [0.4, 0.5) is 0 Å². The summed E-state index contributed by atoms with van der Waals surface area (Å²) in [6, 6.07) is 41.3. The lowest BCUT2D eigenvalue weighted by atomic mass is 9.82. The summed E-state index contributed by atoms with van der Waals surface area (Å²) in [4.78, 5) is 11.5. The molecule has 194 valence electrons. The Morgan fingerprint density at radius 1 is 0.610 bits per heavy atom. The van der Waals surface area contributed by atoms with Gasteiger partial charge in [-0.3, -0.25) is 4.57 Å². The summed E-state index contributed by atoms with van der Waals surface area (Å²) in [6.45, 7) is 4.69. The standard InChI is InChI=1S/C37H25N3S/c1-37(2)26-17-9-6-14-23(26)31-27(37)20-21-29-32(31)24-15-7-10-18-28(24)40(29)35-33-25-16-8-11-19-30(25)41-36(33)39-34(38-35)22-12-4-3-5-13-22/h3-21H,1-2H3. The Bertz CT molecular complexity index is 2340. The molecule has 0 bridgehead atoms. The van der Waals surface area contributed by atoms with E-state index in [0.29, 0.717) is 0 Å². The van der Waals surface area contributed by atoms with Crippen molar-refractivity contribution in [3.05, 3.63) is 126 Å². The summed E-state index contributed by atoms with van der Waals surface area (Å²) in [5.41, 5.74) is 8.74. The van der Waals surface area contributed by atoms with Gasteiger partial charge in [-0.1, -0.05) is 111 Å². The number of aromatic nitrogens is 3. The van der Waals surface area contributed by atoms with Crippen molar-refractivity contribution in [2.24, 2.45) is 0 Å². The predicted molar refractivity (Wildman–Crippen MR) is 172 cm³/mol. The van der Waals surface area contributed by atoms with Crippen molar-refractivity contribution in [3.8, 4) is 28.3 Å². The smallest absolute Gasteiger partial charge is 0.163 e. The van der Waals surface area contributed by atoms with E-state index in [4.69, 9.17) is 9.97 Å². The number of benzene rings is 5. The second kappa shape index (κ2) is 8.12. The SMILES string of the molecule is CC1(C)c2ccccc2-c2c1ccc1c2c2ccccc2n1-c1nc(-c2ccccc2)nc2sc3ccccc3c12. The summed E-state index contributed by atoms with van der Waals surface area (Å²) in [6.07, 6.45) is 0. The first-order chi connectivity index (χ1) is 20.1. The molecule has 3 heterocycles. The van der Waals surface area contributed by atoms with Crippen molar-refractivity contribution >= 4 is 53.4 Å².